The molecule has 1 amide bonds. The molecule has 1 aliphatic heterocycles. The Morgan fingerprint density at radius 1 is 1.42 bits per heavy atom. The normalized spacial score (nSPS) is 18.1. The van der Waals surface area contributed by atoms with E-state index < -0.39 is 0 Å². The minimum absolute atomic E-state index is 0.0122. The number of piperidine rings is 1. The number of carbonyl (C=O) groups is 1. The molecule has 1 aromatic heterocycles. The van der Waals surface area contributed by atoms with Gasteiger partial charge in [0.05, 0.1) is 13.0 Å². The molecule has 2 aromatic rings. The third kappa shape index (κ3) is 3.64. The smallest absolute Gasteiger partial charge is 0.246 e. The third-order valence-corrected chi connectivity index (χ3v) is 4.17. The Morgan fingerprint density at radius 3 is 3.00 bits per heavy atom. The second-order valence-corrected chi connectivity index (χ2v) is 5.88. The average Bonchev–Trinajstić information content (AvgIpc) is 3.06. The Hall–Kier alpha value is -2.63. The molecule has 6 heteroatoms. The molecular formula is C18H21N3O3. The van der Waals surface area contributed by atoms with Crippen LogP contribution in [0.2, 0.25) is 0 Å². The minimum atomic E-state index is -0.0122. The highest BCUT2D eigenvalue weighted by Gasteiger charge is 2.27. The summed E-state index contributed by atoms with van der Waals surface area (Å²) >= 11 is 0. The molecule has 1 aromatic carbocycles. The van der Waals surface area contributed by atoms with E-state index in [-0.39, 0.29) is 11.8 Å². The van der Waals surface area contributed by atoms with Crippen LogP contribution in [0.5, 0.6) is 5.75 Å². The summed E-state index contributed by atoms with van der Waals surface area (Å²) in [7, 11) is 1.62. The average molecular weight is 327 g/mol. The van der Waals surface area contributed by atoms with E-state index >= 15 is 0 Å². The molecule has 0 saturated carbocycles. The van der Waals surface area contributed by atoms with E-state index in [0.29, 0.717) is 18.3 Å². The lowest BCUT2D eigenvalue weighted by molar-refractivity contribution is -0.127. The van der Waals surface area contributed by atoms with Crippen LogP contribution < -0.4 is 4.74 Å². The van der Waals surface area contributed by atoms with Gasteiger partial charge < -0.3 is 14.2 Å². The highest BCUT2D eigenvalue weighted by atomic mass is 16.5. The summed E-state index contributed by atoms with van der Waals surface area (Å²) in [5.74, 6) is 2.10. The molecule has 1 aliphatic rings. The number of para-hydroxylation sites is 1. The number of ether oxygens (including phenoxy) is 1. The van der Waals surface area contributed by atoms with Gasteiger partial charge in [0, 0.05) is 24.7 Å². The summed E-state index contributed by atoms with van der Waals surface area (Å²) in [5.41, 5.74) is 0.884. The van der Waals surface area contributed by atoms with E-state index in [9.17, 15) is 4.79 Å². The summed E-state index contributed by atoms with van der Waals surface area (Å²) in [4.78, 5) is 18.6. The van der Waals surface area contributed by atoms with Gasteiger partial charge in [-0.2, -0.15) is 4.98 Å². The molecule has 3 rings (SSSR count). The molecule has 6 nitrogen and oxygen atoms in total. The number of amides is 1. The summed E-state index contributed by atoms with van der Waals surface area (Å²) in [5, 5.41) is 3.84. The molecule has 0 spiro atoms. The van der Waals surface area contributed by atoms with Crippen LogP contribution in [-0.2, 0) is 4.79 Å². The second kappa shape index (κ2) is 7.29. The lowest BCUT2D eigenvalue weighted by atomic mass is 9.98. The van der Waals surface area contributed by atoms with Gasteiger partial charge in [0.25, 0.3) is 0 Å². The van der Waals surface area contributed by atoms with Gasteiger partial charge in [0.15, 0.2) is 5.82 Å². The molecule has 1 atom stereocenters. The van der Waals surface area contributed by atoms with E-state index in [1.54, 1.807) is 26.2 Å². The molecule has 24 heavy (non-hydrogen) atoms. The van der Waals surface area contributed by atoms with Crippen LogP contribution in [0.15, 0.2) is 34.9 Å². The van der Waals surface area contributed by atoms with Gasteiger partial charge in [0.1, 0.15) is 5.75 Å². The number of hydrogen-bond donors (Lipinski definition) is 0. The van der Waals surface area contributed by atoms with Crippen LogP contribution in [0.1, 0.15) is 36.0 Å². The summed E-state index contributed by atoms with van der Waals surface area (Å²) < 4.78 is 10.6. The van der Waals surface area contributed by atoms with Crippen molar-refractivity contribution < 1.29 is 14.1 Å². The Kier molecular flexibility index (Phi) is 4.93. The third-order valence-electron chi connectivity index (χ3n) is 4.17. The van der Waals surface area contributed by atoms with E-state index in [4.69, 9.17) is 9.26 Å². The van der Waals surface area contributed by atoms with Gasteiger partial charge in [-0.25, -0.2) is 0 Å². The highest BCUT2D eigenvalue weighted by molar-refractivity contribution is 5.92. The lowest BCUT2D eigenvalue weighted by Gasteiger charge is -2.30. The monoisotopic (exact) mass is 327 g/mol. The van der Waals surface area contributed by atoms with Crippen molar-refractivity contribution in [1.29, 1.82) is 0 Å². The van der Waals surface area contributed by atoms with Crippen molar-refractivity contribution in [1.82, 2.24) is 15.0 Å². The van der Waals surface area contributed by atoms with Crippen molar-refractivity contribution in [3.05, 3.63) is 47.6 Å². The van der Waals surface area contributed by atoms with Gasteiger partial charge in [-0.1, -0.05) is 23.4 Å². The number of nitrogens with zero attached hydrogens (tertiary/aromatic N) is 3. The molecule has 1 saturated heterocycles. The Balaban J connectivity index is 1.67. The first-order valence-electron chi connectivity index (χ1n) is 8.07. The predicted octanol–water partition coefficient (Wildman–Crippen LogP) is 2.81. The van der Waals surface area contributed by atoms with Crippen molar-refractivity contribution in [2.24, 2.45) is 0 Å². The molecule has 2 heterocycles. The molecule has 1 fully saturated rings. The first-order valence-corrected chi connectivity index (χ1v) is 8.07. The van der Waals surface area contributed by atoms with Crippen LogP contribution in [0.3, 0.4) is 0 Å². The van der Waals surface area contributed by atoms with Crippen molar-refractivity contribution in [2.75, 3.05) is 20.2 Å². The van der Waals surface area contributed by atoms with Crippen LogP contribution in [0, 0.1) is 6.92 Å². The molecule has 0 aliphatic carbocycles. The molecule has 126 valence electrons. The number of benzene rings is 1. The second-order valence-electron chi connectivity index (χ2n) is 5.88. The van der Waals surface area contributed by atoms with Gasteiger partial charge in [-0.15, -0.1) is 0 Å². The van der Waals surface area contributed by atoms with Crippen molar-refractivity contribution in [3.8, 4) is 5.75 Å². The Labute approximate surface area is 141 Å². The van der Waals surface area contributed by atoms with E-state index in [2.05, 4.69) is 10.1 Å². The fourth-order valence-electron chi connectivity index (χ4n) is 2.93. The zero-order chi connectivity index (χ0) is 16.9. The number of methoxy groups -OCH3 is 1. The minimum Gasteiger partial charge on any atom is -0.496 e. The largest absolute Gasteiger partial charge is 0.496 e. The summed E-state index contributed by atoms with van der Waals surface area (Å²) in [6, 6.07) is 7.61. The molecular weight excluding hydrogens is 306 g/mol. The zero-order valence-electron chi connectivity index (χ0n) is 13.9. The van der Waals surface area contributed by atoms with Crippen molar-refractivity contribution >= 4 is 12.0 Å². The van der Waals surface area contributed by atoms with Gasteiger partial charge in [0.2, 0.25) is 11.8 Å². The zero-order valence-corrected chi connectivity index (χ0v) is 13.9. The van der Waals surface area contributed by atoms with Crippen LogP contribution >= 0.6 is 0 Å². The fourth-order valence-corrected chi connectivity index (χ4v) is 2.93. The first-order chi connectivity index (χ1) is 11.7. The van der Waals surface area contributed by atoms with Crippen molar-refractivity contribution in [2.45, 2.75) is 25.7 Å². The van der Waals surface area contributed by atoms with Crippen LogP contribution in [-0.4, -0.2) is 41.1 Å². The summed E-state index contributed by atoms with van der Waals surface area (Å²) in [6.07, 6.45) is 5.28. The molecule has 0 N–H and O–H groups in total. The predicted molar refractivity (Wildman–Crippen MR) is 89.6 cm³/mol. The topological polar surface area (TPSA) is 68.5 Å². The van der Waals surface area contributed by atoms with E-state index in [1.807, 2.05) is 29.2 Å². The van der Waals surface area contributed by atoms with E-state index in [0.717, 1.165) is 30.7 Å². The SMILES string of the molecule is COc1ccccc1/C=C\C(=O)N1CCC[C@H](c2nc(C)no2)C1. The Morgan fingerprint density at radius 2 is 2.25 bits per heavy atom. The van der Waals surface area contributed by atoms with Gasteiger partial charge >= 0.3 is 0 Å². The number of aryl methyl sites for hydroxylation is 1. The molecule has 0 unspecified atom stereocenters. The van der Waals surface area contributed by atoms with Crippen molar-refractivity contribution in [3.63, 3.8) is 0 Å². The van der Waals surface area contributed by atoms with Gasteiger partial charge in [-0.3, -0.25) is 4.79 Å². The number of rotatable bonds is 4. The number of likely N-dealkylation sites (tertiary alicyclic amines) is 1. The maximum Gasteiger partial charge on any atom is 0.246 e. The molecule has 0 bridgehead atoms. The quantitative estimate of drug-likeness (QED) is 0.808. The summed E-state index contributed by atoms with van der Waals surface area (Å²) in [6.45, 7) is 3.16. The van der Waals surface area contributed by atoms with Crippen LogP contribution in [0.4, 0.5) is 0 Å². The highest BCUT2D eigenvalue weighted by Crippen LogP contribution is 2.26. The standard InChI is InChI=1S/C18H21N3O3/c1-13-19-18(24-20-13)15-7-5-11-21(12-15)17(22)10-9-14-6-3-4-8-16(14)23-2/h3-4,6,8-10,15H,5,7,11-12H2,1-2H3/b10-9-/t15-/m0/s1. The maximum atomic E-state index is 12.5. The number of aromatic nitrogens is 2. The lowest BCUT2D eigenvalue weighted by Crippen LogP contribution is -2.38. The fraction of sp³-hybridized carbons (Fsp3) is 0.389. The number of carbonyl (C=O) groups excluding carboxylic acids is 1. The van der Waals surface area contributed by atoms with Crippen LogP contribution in [0.25, 0.3) is 6.08 Å². The van der Waals surface area contributed by atoms with E-state index in [1.165, 1.54) is 0 Å². The maximum absolute atomic E-state index is 12.5. The molecule has 0 radical (unpaired) electrons. The Bertz CT molecular complexity index is 739. The van der Waals surface area contributed by atoms with Gasteiger partial charge in [-0.05, 0) is 31.9 Å². The number of hydrogen-bond acceptors (Lipinski definition) is 5. The first kappa shape index (κ1) is 16.2.